The number of hydrogen-bond acceptors (Lipinski definition) is 4. The van der Waals surface area contributed by atoms with Crippen LogP contribution in [0.5, 0.6) is 0 Å². The van der Waals surface area contributed by atoms with Gasteiger partial charge in [0.2, 0.25) is 0 Å². The molecule has 0 radical (unpaired) electrons. The van der Waals surface area contributed by atoms with Gasteiger partial charge in [-0.2, -0.15) is 11.3 Å². The van der Waals surface area contributed by atoms with Crippen LogP contribution in [0.1, 0.15) is 0 Å². The smallest absolute Gasteiger partial charge is 0.264 e. The number of halogens is 2. The zero-order valence-electron chi connectivity index (χ0n) is 8.85. The third-order valence-electron chi connectivity index (χ3n) is 2.15. The van der Waals surface area contributed by atoms with E-state index in [2.05, 4.69) is 4.72 Å². The van der Waals surface area contributed by atoms with E-state index in [1.54, 1.807) is 10.8 Å². The first kappa shape index (κ1) is 12.8. The molecule has 0 unspecified atom stereocenters. The van der Waals surface area contributed by atoms with Crippen LogP contribution in [0.15, 0.2) is 33.9 Å². The molecule has 2 aromatic rings. The molecule has 18 heavy (non-hydrogen) atoms. The van der Waals surface area contributed by atoms with E-state index in [4.69, 9.17) is 5.73 Å². The van der Waals surface area contributed by atoms with E-state index in [0.29, 0.717) is 5.69 Å². The minimum atomic E-state index is -4.12. The summed E-state index contributed by atoms with van der Waals surface area (Å²) in [5.41, 5.74) is 4.60. The molecule has 1 heterocycles. The van der Waals surface area contributed by atoms with Crippen molar-refractivity contribution in [2.75, 3.05) is 10.5 Å². The van der Waals surface area contributed by atoms with Crippen molar-refractivity contribution in [3.8, 4) is 0 Å². The summed E-state index contributed by atoms with van der Waals surface area (Å²) in [7, 11) is -4.12. The average molecular weight is 290 g/mol. The van der Waals surface area contributed by atoms with Gasteiger partial charge in [0, 0.05) is 5.38 Å². The van der Waals surface area contributed by atoms with E-state index in [0.717, 1.165) is 12.1 Å². The van der Waals surface area contributed by atoms with E-state index < -0.39 is 32.2 Å². The van der Waals surface area contributed by atoms with E-state index in [1.807, 2.05) is 0 Å². The van der Waals surface area contributed by atoms with Crippen LogP contribution in [-0.2, 0) is 10.0 Å². The van der Waals surface area contributed by atoms with Crippen molar-refractivity contribution in [1.29, 1.82) is 0 Å². The van der Waals surface area contributed by atoms with E-state index >= 15 is 0 Å². The van der Waals surface area contributed by atoms with E-state index in [1.165, 1.54) is 17.4 Å². The second-order valence-corrected chi connectivity index (χ2v) is 5.82. The number of rotatable bonds is 3. The lowest BCUT2D eigenvalue weighted by Crippen LogP contribution is -2.15. The van der Waals surface area contributed by atoms with Crippen molar-refractivity contribution in [1.82, 2.24) is 0 Å². The molecule has 0 atom stereocenters. The molecule has 0 saturated carbocycles. The fraction of sp³-hybridized carbons (Fsp3) is 0. The van der Waals surface area contributed by atoms with Crippen molar-refractivity contribution in [3.05, 3.63) is 40.6 Å². The number of sulfonamides is 1. The van der Waals surface area contributed by atoms with Crippen LogP contribution in [-0.4, -0.2) is 8.42 Å². The molecule has 4 nitrogen and oxygen atoms in total. The lowest BCUT2D eigenvalue weighted by molar-refractivity contribution is 0.557. The van der Waals surface area contributed by atoms with E-state index in [9.17, 15) is 17.2 Å². The van der Waals surface area contributed by atoms with E-state index in [-0.39, 0.29) is 0 Å². The number of anilines is 2. The maximum Gasteiger partial charge on any atom is 0.264 e. The third-order valence-corrected chi connectivity index (χ3v) is 4.24. The van der Waals surface area contributed by atoms with Crippen LogP contribution >= 0.6 is 11.3 Å². The summed E-state index contributed by atoms with van der Waals surface area (Å²) in [5, 5.41) is 3.20. The number of nitrogens with one attached hydrogen (secondary N) is 1. The molecule has 1 aromatic carbocycles. The summed E-state index contributed by atoms with van der Waals surface area (Å²) in [5.74, 6) is -2.29. The van der Waals surface area contributed by atoms with Gasteiger partial charge in [-0.15, -0.1) is 0 Å². The van der Waals surface area contributed by atoms with Crippen LogP contribution in [0.2, 0.25) is 0 Å². The summed E-state index contributed by atoms with van der Waals surface area (Å²) >= 11 is 1.28. The van der Waals surface area contributed by atoms with Crippen molar-refractivity contribution < 1.29 is 17.2 Å². The molecule has 1 aromatic heterocycles. The molecule has 0 bridgehead atoms. The predicted octanol–water partition coefficient (Wildman–Crippen LogP) is 2.41. The van der Waals surface area contributed by atoms with Crippen LogP contribution in [0, 0.1) is 11.6 Å². The normalized spacial score (nSPS) is 11.4. The summed E-state index contributed by atoms with van der Waals surface area (Å²) in [6, 6.07) is 3.16. The Labute approximate surface area is 106 Å². The lowest BCUT2D eigenvalue weighted by atomic mass is 10.3. The number of nitrogen functional groups attached to an aromatic ring is 1. The third kappa shape index (κ3) is 2.29. The molecule has 0 spiro atoms. The molecular formula is C10H8F2N2O2S2. The van der Waals surface area contributed by atoms with Gasteiger partial charge >= 0.3 is 0 Å². The fourth-order valence-electron chi connectivity index (χ4n) is 1.29. The number of thiophene rings is 1. The minimum Gasteiger partial charge on any atom is -0.394 e. The Bertz CT molecular complexity index is 669. The average Bonchev–Trinajstić information content (AvgIpc) is 2.77. The number of nitrogens with two attached hydrogens (primary N) is 1. The van der Waals surface area contributed by atoms with Crippen LogP contribution < -0.4 is 10.5 Å². The summed E-state index contributed by atoms with van der Waals surface area (Å²) in [6.45, 7) is 0. The summed E-state index contributed by atoms with van der Waals surface area (Å²) in [6.07, 6.45) is 0. The van der Waals surface area contributed by atoms with Gasteiger partial charge in [-0.25, -0.2) is 17.2 Å². The Morgan fingerprint density at radius 3 is 2.56 bits per heavy atom. The van der Waals surface area contributed by atoms with Crippen LogP contribution in [0.3, 0.4) is 0 Å². The zero-order chi connectivity index (χ0) is 13.3. The molecule has 0 fully saturated rings. The molecule has 96 valence electrons. The van der Waals surface area contributed by atoms with Gasteiger partial charge in [0.25, 0.3) is 10.0 Å². The van der Waals surface area contributed by atoms with Crippen LogP contribution in [0.25, 0.3) is 0 Å². The van der Waals surface area contributed by atoms with Gasteiger partial charge in [0.15, 0.2) is 5.82 Å². The molecule has 0 saturated heterocycles. The SMILES string of the molecule is Nc1c(F)ccc(S(=O)(=O)Nc2ccsc2)c1F. The highest BCUT2D eigenvalue weighted by molar-refractivity contribution is 7.92. The molecule has 8 heteroatoms. The topological polar surface area (TPSA) is 72.2 Å². The van der Waals surface area contributed by atoms with Gasteiger partial charge in [-0.05, 0) is 23.6 Å². The van der Waals surface area contributed by atoms with Crippen molar-refractivity contribution >= 4 is 32.7 Å². The Morgan fingerprint density at radius 1 is 1.22 bits per heavy atom. The zero-order valence-corrected chi connectivity index (χ0v) is 10.5. The first-order valence-electron chi connectivity index (χ1n) is 4.70. The summed E-state index contributed by atoms with van der Waals surface area (Å²) < 4.78 is 52.4. The Balaban J connectivity index is 2.45. The second-order valence-electron chi connectivity index (χ2n) is 3.39. The standard InChI is InChI=1S/C10H8F2N2O2S2/c11-7-1-2-8(9(12)10(7)13)18(15,16)14-6-3-4-17-5-6/h1-5,14H,13H2. The Morgan fingerprint density at radius 2 is 1.94 bits per heavy atom. The van der Waals surface area contributed by atoms with Gasteiger partial charge in [-0.3, -0.25) is 4.72 Å². The van der Waals surface area contributed by atoms with Crippen LogP contribution in [0.4, 0.5) is 20.2 Å². The molecule has 0 aliphatic carbocycles. The maximum absolute atomic E-state index is 13.6. The van der Waals surface area contributed by atoms with Crippen molar-refractivity contribution in [3.63, 3.8) is 0 Å². The molecule has 0 aliphatic heterocycles. The van der Waals surface area contributed by atoms with Gasteiger partial charge < -0.3 is 5.73 Å². The molecule has 0 aliphatic rings. The first-order chi connectivity index (χ1) is 8.42. The highest BCUT2D eigenvalue weighted by Crippen LogP contribution is 2.25. The highest BCUT2D eigenvalue weighted by Gasteiger charge is 2.22. The number of benzene rings is 1. The second kappa shape index (κ2) is 4.54. The van der Waals surface area contributed by atoms with Gasteiger partial charge in [0.05, 0.1) is 5.69 Å². The molecule has 0 amide bonds. The fourth-order valence-corrected chi connectivity index (χ4v) is 3.09. The molecule has 2 rings (SSSR count). The lowest BCUT2D eigenvalue weighted by Gasteiger charge is -2.08. The largest absolute Gasteiger partial charge is 0.394 e. The molecule has 3 N–H and O–H groups in total. The Hall–Kier alpha value is -1.67. The maximum atomic E-state index is 13.6. The minimum absolute atomic E-state index is 0.308. The summed E-state index contributed by atoms with van der Waals surface area (Å²) in [4.78, 5) is -0.687. The van der Waals surface area contributed by atoms with Crippen molar-refractivity contribution in [2.45, 2.75) is 4.90 Å². The molecular weight excluding hydrogens is 282 g/mol. The van der Waals surface area contributed by atoms with Crippen molar-refractivity contribution in [2.24, 2.45) is 0 Å². The Kier molecular flexibility index (Phi) is 3.22. The quantitative estimate of drug-likeness (QED) is 0.853. The van der Waals surface area contributed by atoms with Gasteiger partial charge in [-0.1, -0.05) is 0 Å². The monoisotopic (exact) mass is 290 g/mol. The van der Waals surface area contributed by atoms with Gasteiger partial charge in [0.1, 0.15) is 16.4 Å². The predicted molar refractivity (Wildman–Crippen MR) is 65.9 cm³/mol. The highest BCUT2D eigenvalue weighted by atomic mass is 32.2. The first-order valence-corrected chi connectivity index (χ1v) is 7.13. The number of hydrogen-bond donors (Lipinski definition) is 2.